The highest BCUT2D eigenvalue weighted by molar-refractivity contribution is 7.99. The molecular formula is C12H17F2NS2. The normalized spacial score (nSPS) is 10.8. The van der Waals surface area contributed by atoms with Crippen LogP contribution in [0.25, 0.3) is 0 Å². The van der Waals surface area contributed by atoms with E-state index < -0.39 is 5.76 Å². The van der Waals surface area contributed by atoms with Crippen LogP contribution in [-0.4, -0.2) is 23.8 Å². The molecule has 17 heavy (non-hydrogen) atoms. The number of nitrogens with one attached hydrogen (secondary N) is 1. The number of halogens is 2. The summed E-state index contributed by atoms with van der Waals surface area (Å²) < 4.78 is 24.6. The van der Waals surface area contributed by atoms with Crippen molar-refractivity contribution in [2.45, 2.75) is 24.0 Å². The highest BCUT2D eigenvalue weighted by Crippen LogP contribution is 2.31. The second-order valence-corrected chi connectivity index (χ2v) is 5.78. The molecule has 0 heterocycles. The maximum Gasteiger partial charge on any atom is 0.288 e. The Morgan fingerprint density at radius 3 is 2.76 bits per heavy atom. The molecule has 0 aliphatic heterocycles. The summed E-state index contributed by atoms with van der Waals surface area (Å²) in [7, 11) is 0. The molecule has 0 bridgehead atoms. The van der Waals surface area contributed by atoms with Crippen LogP contribution in [0.4, 0.5) is 14.5 Å². The molecule has 0 unspecified atom stereocenters. The van der Waals surface area contributed by atoms with Crippen molar-refractivity contribution in [3.05, 3.63) is 24.3 Å². The summed E-state index contributed by atoms with van der Waals surface area (Å²) >= 11 is 2.49. The van der Waals surface area contributed by atoms with Crippen LogP contribution in [0, 0.1) is 0 Å². The monoisotopic (exact) mass is 277 g/mol. The number of anilines is 1. The van der Waals surface area contributed by atoms with Gasteiger partial charge in [0.15, 0.2) is 0 Å². The third-order valence-corrected chi connectivity index (χ3v) is 3.86. The van der Waals surface area contributed by atoms with E-state index in [1.807, 2.05) is 23.9 Å². The van der Waals surface area contributed by atoms with Crippen LogP contribution < -0.4 is 5.32 Å². The number of benzene rings is 1. The van der Waals surface area contributed by atoms with Crippen molar-refractivity contribution >= 4 is 29.2 Å². The van der Waals surface area contributed by atoms with Crippen molar-refractivity contribution in [1.29, 1.82) is 0 Å². The van der Waals surface area contributed by atoms with Crippen LogP contribution in [-0.2, 0) is 0 Å². The maximum absolute atomic E-state index is 12.3. The fraction of sp³-hybridized carbons (Fsp3) is 0.500. The van der Waals surface area contributed by atoms with Crippen molar-refractivity contribution in [3.63, 3.8) is 0 Å². The van der Waals surface area contributed by atoms with Crippen LogP contribution in [0.2, 0.25) is 0 Å². The predicted octanol–water partition coefficient (Wildman–Crippen LogP) is 4.56. The molecule has 0 saturated heterocycles. The first-order valence-electron chi connectivity index (χ1n) is 5.59. The number of thioether (sulfide) groups is 2. The van der Waals surface area contributed by atoms with E-state index >= 15 is 0 Å². The van der Waals surface area contributed by atoms with Gasteiger partial charge in [0.1, 0.15) is 0 Å². The third kappa shape index (κ3) is 6.17. The standard InChI is InChI=1S/C12H17F2NS2/c1-2-16-9-5-8-15-10-6-3-4-7-11(10)17-12(13)14/h3-4,6-7,12,15H,2,5,8-9H2,1H3. The summed E-state index contributed by atoms with van der Waals surface area (Å²) in [5, 5.41) is 3.21. The summed E-state index contributed by atoms with van der Waals surface area (Å²) in [4.78, 5) is 0.616. The molecule has 0 saturated carbocycles. The molecule has 0 atom stereocenters. The Kier molecular flexibility index (Phi) is 7.44. The van der Waals surface area contributed by atoms with Crippen molar-refractivity contribution < 1.29 is 8.78 Å². The van der Waals surface area contributed by atoms with Crippen LogP contribution in [0.3, 0.4) is 0 Å². The van der Waals surface area contributed by atoms with Gasteiger partial charge >= 0.3 is 0 Å². The quantitative estimate of drug-likeness (QED) is 0.553. The molecule has 1 N–H and O–H groups in total. The number of para-hydroxylation sites is 1. The van der Waals surface area contributed by atoms with Crippen LogP contribution in [0.15, 0.2) is 29.2 Å². The Bertz CT molecular complexity index is 321. The molecule has 5 heteroatoms. The predicted molar refractivity (Wildman–Crippen MR) is 74.4 cm³/mol. The fourth-order valence-electron chi connectivity index (χ4n) is 1.35. The minimum absolute atomic E-state index is 0.592. The molecule has 0 fully saturated rings. The van der Waals surface area contributed by atoms with Gasteiger partial charge in [-0.15, -0.1) is 0 Å². The van der Waals surface area contributed by atoms with Gasteiger partial charge in [0.2, 0.25) is 0 Å². The zero-order valence-electron chi connectivity index (χ0n) is 9.79. The lowest BCUT2D eigenvalue weighted by molar-refractivity contribution is 0.252. The minimum atomic E-state index is -2.37. The summed E-state index contributed by atoms with van der Waals surface area (Å²) in [5.74, 6) is -0.139. The van der Waals surface area contributed by atoms with Gasteiger partial charge in [-0.25, -0.2) is 0 Å². The number of hydrogen-bond donors (Lipinski definition) is 1. The highest BCUT2D eigenvalue weighted by Gasteiger charge is 2.08. The fourth-order valence-corrected chi connectivity index (χ4v) is 2.61. The van der Waals surface area contributed by atoms with Crippen molar-refractivity contribution in [2.24, 2.45) is 0 Å². The zero-order chi connectivity index (χ0) is 12.5. The van der Waals surface area contributed by atoms with E-state index in [1.54, 1.807) is 12.1 Å². The second kappa shape index (κ2) is 8.64. The second-order valence-electron chi connectivity index (χ2n) is 3.35. The largest absolute Gasteiger partial charge is 0.384 e. The van der Waals surface area contributed by atoms with Crippen molar-refractivity contribution in [2.75, 3.05) is 23.4 Å². The highest BCUT2D eigenvalue weighted by atomic mass is 32.2. The van der Waals surface area contributed by atoms with Gasteiger partial charge < -0.3 is 5.32 Å². The molecule has 1 rings (SSSR count). The summed E-state index contributed by atoms with van der Waals surface area (Å²) in [5.41, 5.74) is 0.805. The first-order chi connectivity index (χ1) is 8.24. The van der Waals surface area contributed by atoms with E-state index in [0.717, 1.165) is 30.2 Å². The van der Waals surface area contributed by atoms with Crippen LogP contribution in [0.5, 0.6) is 0 Å². The number of hydrogen-bond acceptors (Lipinski definition) is 3. The van der Waals surface area contributed by atoms with E-state index in [4.69, 9.17) is 0 Å². The smallest absolute Gasteiger partial charge is 0.288 e. The van der Waals surface area contributed by atoms with E-state index in [0.29, 0.717) is 16.7 Å². The molecule has 0 amide bonds. The topological polar surface area (TPSA) is 12.0 Å². The van der Waals surface area contributed by atoms with Crippen LogP contribution >= 0.6 is 23.5 Å². The first kappa shape index (κ1) is 14.6. The molecule has 0 radical (unpaired) electrons. The lowest BCUT2D eigenvalue weighted by Gasteiger charge is -2.10. The van der Waals surface area contributed by atoms with Gasteiger partial charge in [0.25, 0.3) is 5.76 Å². The molecule has 96 valence electrons. The van der Waals surface area contributed by atoms with Gasteiger partial charge in [0, 0.05) is 17.1 Å². The molecule has 0 aliphatic rings. The molecule has 1 nitrogen and oxygen atoms in total. The summed E-state index contributed by atoms with van der Waals surface area (Å²) in [6, 6.07) is 7.21. The molecule has 1 aromatic carbocycles. The van der Waals surface area contributed by atoms with Crippen molar-refractivity contribution in [1.82, 2.24) is 0 Å². The van der Waals surface area contributed by atoms with Gasteiger partial charge in [-0.05, 0) is 30.1 Å². The van der Waals surface area contributed by atoms with Gasteiger partial charge in [0.05, 0.1) is 0 Å². The lowest BCUT2D eigenvalue weighted by atomic mass is 10.3. The summed E-state index contributed by atoms with van der Waals surface area (Å²) in [6.07, 6.45) is 1.05. The molecule has 1 aromatic rings. The average Bonchev–Trinajstić information content (AvgIpc) is 2.30. The molecule has 0 spiro atoms. The third-order valence-electron chi connectivity index (χ3n) is 2.09. The van der Waals surface area contributed by atoms with E-state index in [1.165, 1.54) is 0 Å². The van der Waals surface area contributed by atoms with Gasteiger partial charge in [-0.3, -0.25) is 0 Å². The number of rotatable bonds is 8. The molecule has 0 aromatic heterocycles. The van der Waals surface area contributed by atoms with E-state index in [9.17, 15) is 8.78 Å². The zero-order valence-corrected chi connectivity index (χ0v) is 11.4. The van der Waals surface area contributed by atoms with Crippen molar-refractivity contribution in [3.8, 4) is 0 Å². The first-order valence-corrected chi connectivity index (χ1v) is 7.63. The summed E-state index contributed by atoms with van der Waals surface area (Å²) in [6.45, 7) is 2.96. The Balaban J connectivity index is 2.40. The SMILES string of the molecule is CCSCCCNc1ccccc1SC(F)F. The number of alkyl halides is 2. The molecular weight excluding hydrogens is 260 g/mol. The van der Waals surface area contributed by atoms with E-state index in [-0.39, 0.29) is 0 Å². The average molecular weight is 277 g/mol. The Labute approximate surface area is 110 Å². The van der Waals surface area contributed by atoms with E-state index in [2.05, 4.69) is 12.2 Å². The van der Waals surface area contributed by atoms with Gasteiger partial charge in [-0.2, -0.15) is 20.5 Å². The minimum Gasteiger partial charge on any atom is -0.384 e. The Morgan fingerprint density at radius 2 is 2.06 bits per heavy atom. The van der Waals surface area contributed by atoms with Gasteiger partial charge in [-0.1, -0.05) is 30.8 Å². The lowest BCUT2D eigenvalue weighted by Crippen LogP contribution is -2.04. The maximum atomic E-state index is 12.3. The Morgan fingerprint density at radius 1 is 1.29 bits per heavy atom. The Hall–Kier alpha value is -0.420. The van der Waals surface area contributed by atoms with Crippen LogP contribution in [0.1, 0.15) is 13.3 Å². The molecule has 0 aliphatic carbocycles.